The number of hydrogen-bond acceptors (Lipinski definition) is 5. The van der Waals surface area contributed by atoms with Gasteiger partial charge in [-0.2, -0.15) is 10.1 Å². The molecule has 0 saturated heterocycles. The molecule has 0 radical (unpaired) electrons. The molecule has 2 aromatic carbocycles. The van der Waals surface area contributed by atoms with Crippen LogP contribution in [0.4, 0.5) is 5.69 Å². The van der Waals surface area contributed by atoms with Crippen LogP contribution in [0.2, 0.25) is 0 Å². The Balaban J connectivity index is 1.92. The summed E-state index contributed by atoms with van der Waals surface area (Å²) in [6.07, 6.45) is 6.95. The van der Waals surface area contributed by atoms with E-state index >= 15 is 0 Å². The maximum atomic E-state index is 12.9. The first kappa shape index (κ1) is 21.1. The van der Waals surface area contributed by atoms with Gasteiger partial charge in [0.2, 0.25) is 0 Å². The highest BCUT2D eigenvalue weighted by Gasteiger charge is 2.29. The van der Waals surface area contributed by atoms with Gasteiger partial charge in [-0.25, -0.2) is 4.79 Å². The van der Waals surface area contributed by atoms with Crippen molar-refractivity contribution in [2.24, 2.45) is 5.10 Å². The second-order valence-electron chi connectivity index (χ2n) is 6.24. The van der Waals surface area contributed by atoms with E-state index in [1.54, 1.807) is 25.1 Å². The Bertz CT molecular complexity index is 1110. The summed E-state index contributed by atoms with van der Waals surface area (Å²) in [7, 11) is 1.51. The van der Waals surface area contributed by atoms with Crippen LogP contribution in [-0.2, 0) is 4.79 Å². The van der Waals surface area contributed by atoms with Gasteiger partial charge in [0.1, 0.15) is 6.61 Å². The van der Waals surface area contributed by atoms with E-state index in [0.29, 0.717) is 38.5 Å². The quantitative estimate of drug-likeness (QED) is 0.511. The summed E-state index contributed by atoms with van der Waals surface area (Å²) in [5, 5.41) is 14.6. The fourth-order valence-corrected chi connectivity index (χ4v) is 3.42. The Labute approximate surface area is 181 Å². The fraction of sp³-hybridized carbons (Fsp3) is 0.136. The number of rotatable bonds is 6. The lowest BCUT2D eigenvalue weighted by Crippen LogP contribution is -2.21. The molecular weight excluding hydrogens is 452 g/mol. The number of carboxylic acid groups (broad SMARTS) is 1. The number of ether oxygens (including phenoxy) is 2. The largest absolute Gasteiger partial charge is 0.493 e. The van der Waals surface area contributed by atoms with Gasteiger partial charge in [-0.05, 0) is 70.9 Å². The average Bonchev–Trinajstić information content (AvgIpc) is 3.01. The van der Waals surface area contributed by atoms with Crippen LogP contribution in [0.3, 0.4) is 0 Å². The fourth-order valence-electron chi connectivity index (χ4n) is 2.85. The summed E-state index contributed by atoms with van der Waals surface area (Å²) in [5.74, 6) is 1.98. The van der Waals surface area contributed by atoms with Gasteiger partial charge in [0.25, 0.3) is 5.91 Å². The Hall–Kier alpha value is -3.57. The van der Waals surface area contributed by atoms with Gasteiger partial charge in [0.05, 0.1) is 34.1 Å². The molecule has 1 heterocycles. The molecule has 0 saturated carbocycles. The van der Waals surface area contributed by atoms with Crippen LogP contribution in [0.1, 0.15) is 22.8 Å². The van der Waals surface area contributed by atoms with E-state index in [9.17, 15) is 9.59 Å². The minimum absolute atomic E-state index is 0.0925. The van der Waals surface area contributed by atoms with Gasteiger partial charge in [-0.1, -0.05) is 5.92 Å². The van der Waals surface area contributed by atoms with E-state index in [-0.39, 0.29) is 18.1 Å². The third-order valence-corrected chi connectivity index (χ3v) is 4.87. The number of hydrazone groups is 1. The summed E-state index contributed by atoms with van der Waals surface area (Å²) in [6.45, 7) is 1.82. The Kier molecular flexibility index (Phi) is 6.23. The van der Waals surface area contributed by atoms with E-state index in [2.05, 4.69) is 27.0 Å². The lowest BCUT2D eigenvalue weighted by atomic mass is 10.1. The minimum Gasteiger partial charge on any atom is -0.493 e. The predicted molar refractivity (Wildman–Crippen MR) is 117 cm³/mol. The number of terminal acetylenes is 1. The SMILES string of the molecule is C#CCOc1c(Br)cc(/C=C2/C(=O)N(c3ccc(C(=O)O)cc3)N=C2C)cc1OC. The number of carboxylic acids is 1. The Morgan fingerprint density at radius 3 is 2.63 bits per heavy atom. The molecule has 0 bridgehead atoms. The maximum absolute atomic E-state index is 12.9. The Morgan fingerprint density at radius 1 is 1.33 bits per heavy atom. The van der Waals surface area contributed by atoms with Crippen LogP contribution in [0, 0.1) is 12.3 Å². The number of nitrogens with zero attached hydrogens (tertiary/aromatic N) is 2. The van der Waals surface area contributed by atoms with Crippen molar-refractivity contribution in [1.82, 2.24) is 0 Å². The van der Waals surface area contributed by atoms with Crippen LogP contribution in [0.15, 0.2) is 51.5 Å². The summed E-state index contributed by atoms with van der Waals surface area (Å²) in [6, 6.07) is 9.44. The number of carbonyl (C=O) groups excluding carboxylic acids is 1. The van der Waals surface area contributed by atoms with Gasteiger partial charge >= 0.3 is 5.97 Å². The zero-order valence-electron chi connectivity index (χ0n) is 16.2. The van der Waals surface area contributed by atoms with Crippen LogP contribution >= 0.6 is 15.9 Å². The number of anilines is 1. The van der Waals surface area contributed by atoms with Crippen molar-refractivity contribution in [3.05, 3.63) is 57.6 Å². The summed E-state index contributed by atoms with van der Waals surface area (Å²) >= 11 is 3.44. The van der Waals surface area contributed by atoms with Gasteiger partial charge in [-0.3, -0.25) is 4.79 Å². The molecule has 1 aliphatic rings. The van der Waals surface area contributed by atoms with E-state index in [1.165, 1.54) is 36.4 Å². The standard InChI is InChI=1S/C22H17BrN2O5/c1-4-9-30-20-18(23)11-14(12-19(20)29-3)10-17-13(2)24-25(21(17)26)16-7-5-15(6-8-16)22(27)28/h1,5-8,10-12H,9H2,2-3H3,(H,27,28)/b17-10+. The molecule has 152 valence electrons. The van der Waals surface area contributed by atoms with Gasteiger partial charge in [0, 0.05) is 0 Å². The van der Waals surface area contributed by atoms with Gasteiger partial charge in [-0.15, -0.1) is 6.42 Å². The van der Waals surface area contributed by atoms with Crippen LogP contribution in [-0.4, -0.2) is 36.4 Å². The number of benzene rings is 2. The molecule has 0 unspecified atom stereocenters. The monoisotopic (exact) mass is 468 g/mol. The molecular formula is C22H17BrN2O5. The maximum Gasteiger partial charge on any atom is 0.335 e. The molecule has 8 heteroatoms. The second kappa shape index (κ2) is 8.84. The summed E-state index contributed by atoms with van der Waals surface area (Å²) < 4.78 is 11.5. The third kappa shape index (κ3) is 4.21. The van der Waals surface area contributed by atoms with Crippen molar-refractivity contribution in [2.45, 2.75) is 6.92 Å². The molecule has 0 spiro atoms. The van der Waals surface area contributed by atoms with Crippen LogP contribution in [0.5, 0.6) is 11.5 Å². The van der Waals surface area contributed by atoms with E-state index < -0.39 is 5.97 Å². The van der Waals surface area contributed by atoms with Crippen molar-refractivity contribution in [3.8, 4) is 23.8 Å². The predicted octanol–water partition coefficient (Wildman–Crippen LogP) is 3.97. The number of methoxy groups -OCH3 is 1. The highest BCUT2D eigenvalue weighted by atomic mass is 79.9. The first-order valence-electron chi connectivity index (χ1n) is 8.74. The van der Waals surface area contributed by atoms with Crippen LogP contribution < -0.4 is 14.5 Å². The number of halogens is 1. The van der Waals surface area contributed by atoms with Crippen molar-refractivity contribution < 1.29 is 24.2 Å². The molecule has 7 nitrogen and oxygen atoms in total. The molecule has 2 aromatic rings. The van der Waals surface area contributed by atoms with E-state index in [0.717, 1.165) is 0 Å². The van der Waals surface area contributed by atoms with E-state index in [1.807, 2.05) is 0 Å². The molecule has 0 aromatic heterocycles. The smallest absolute Gasteiger partial charge is 0.335 e. The molecule has 0 aliphatic carbocycles. The van der Waals surface area contributed by atoms with Crippen molar-refractivity contribution >= 4 is 45.3 Å². The molecule has 1 amide bonds. The molecule has 3 rings (SSSR count). The third-order valence-electron chi connectivity index (χ3n) is 4.28. The lowest BCUT2D eigenvalue weighted by Gasteiger charge is -2.13. The number of hydrogen-bond donors (Lipinski definition) is 1. The first-order valence-corrected chi connectivity index (χ1v) is 9.54. The van der Waals surface area contributed by atoms with E-state index in [4.69, 9.17) is 21.0 Å². The highest BCUT2D eigenvalue weighted by molar-refractivity contribution is 9.10. The Morgan fingerprint density at radius 2 is 2.03 bits per heavy atom. The summed E-state index contributed by atoms with van der Waals surface area (Å²) in [5.41, 5.74) is 2.25. The molecule has 1 N–H and O–H groups in total. The number of carbonyl (C=O) groups is 2. The van der Waals surface area contributed by atoms with Gasteiger partial charge in [0.15, 0.2) is 11.5 Å². The average molecular weight is 469 g/mol. The van der Waals surface area contributed by atoms with Crippen molar-refractivity contribution in [3.63, 3.8) is 0 Å². The molecule has 1 aliphatic heterocycles. The highest BCUT2D eigenvalue weighted by Crippen LogP contribution is 2.37. The zero-order chi connectivity index (χ0) is 21.8. The van der Waals surface area contributed by atoms with Gasteiger partial charge < -0.3 is 14.6 Å². The van der Waals surface area contributed by atoms with Crippen molar-refractivity contribution in [1.29, 1.82) is 0 Å². The lowest BCUT2D eigenvalue weighted by molar-refractivity contribution is -0.114. The molecule has 0 atom stereocenters. The van der Waals surface area contributed by atoms with Crippen LogP contribution in [0.25, 0.3) is 6.08 Å². The topological polar surface area (TPSA) is 88.4 Å². The number of amides is 1. The summed E-state index contributed by atoms with van der Waals surface area (Å²) in [4.78, 5) is 23.9. The first-order chi connectivity index (χ1) is 14.3. The molecule has 0 fully saturated rings. The second-order valence-corrected chi connectivity index (χ2v) is 7.09. The normalized spacial score (nSPS) is 14.5. The molecule has 30 heavy (non-hydrogen) atoms. The van der Waals surface area contributed by atoms with Crippen molar-refractivity contribution in [2.75, 3.05) is 18.7 Å². The number of aromatic carboxylic acids is 1. The minimum atomic E-state index is -1.04. The zero-order valence-corrected chi connectivity index (χ0v) is 17.8.